The van der Waals surface area contributed by atoms with Crippen molar-refractivity contribution in [3.05, 3.63) is 52.5 Å². The van der Waals surface area contributed by atoms with Gasteiger partial charge in [0.15, 0.2) is 5.52 Å². The molecule has 2 aromatic heterocycles. The number of rotatable bonds is 5. The van der Waals surface area contributed by atoms with E-state index in [9.17, 15) is 10.1 Å². The first kappa shape index (κ1) is 21.3. The number of benzene rings is 1. The fraction of sp³-hybridized carbons (Fsp3) is 0.435. The van der Waals surface area contributed by atoms with E-state index < -0.39 is 0 Å². The molecule has 5 rings (SSSR count). The summed E-state index contributed by atoms with van der Waals surface area (Å²) in [5.41, 5.74) is 2.08. The predicted molar refractivity (Wildman–Crippen MR) is 127 cm³/mol. The van der Waals surface area contributed by atoms with Gasteiger partial charge in [-0.15, -0.1) is 0 Å². The minimum absolute atomic E-state index is 0.0288. The summed E-state index contributed by atoms with van der Waals surface area (Å²) in [5.74, 6) is 1.85. The first-order valence-corrected chi connectivity index (χ1v) is 11.3. The number of aryl methyl sites for hydroxylation is 1. The summed E-state index contributed by atoms with van der Waals surface area (Å²) < 4.78 is 5.45. The van der Waals surface area contributed by atoms with Gasteiger partial charge in [0.1, 0.15) is 18.0 Å². The van der Waals surface area contributed by atoms with Gasteiger partial charge in [-0.05, 0) is 25.8 Å². The van der Waals surface area contributed by atoms with Crippen LogP contribution < -0.4 is 15.1 Å². The smallest absolute Gasteiger partial charge is 0.295 e. The van der Waals surface area contributed by atoms with Crippen molar-refractivity contribution in [3.8, 4) is 0 Å². The number of fused-ring (bicyclic) bond motifs is 1. The third kappa shape index (κ3) is 4.51. The van der Waals surface area contributed by atoms with Crippen LogP contribution in [0.5, 0.6) is 0 Å². The van der Waals surface area contributed by atoms with Crippen molar-refractivity contribution in [2.24, 2.45) is 0 Å². The lowest BCUT2D eigenvalue weighted by Gasteiger charge is -2.35. The second-order valence-corrected chi connectivity index (χ2v) is 8.50. The number of non-ortho nitro benzene ring substituents is 1. The van der Waals surface area contributed by atoms with E-state index in [-0.39, 0.29) is 16.7 Å². The van der Waals surface area contributed by atoms with E-state index in [0.29, 0.717) is 18.7 Å². The number of anilines is 3. The molecule has 2 fully saturated rings. The van der Waals surface area contributed by atoms with Gasteiger partial charge in [0.25, 0.3) is 5.69 Å². The molecule has 1 atom stereocenters. The number of hydrogen-bond donors (Lipinski definition) is 1. The molecule has 1 aromatic carbocycles. The molecular weight excluding hydrogens is 422 g/mol. The first-order valence-electron chi connectivity index (χ1n) is 11.3. The van der Waals surface area contributed by atoms with E-state index in [1.165, 1.54) is 6.07 Å². The Morgan fingerprint density at radius 3 is 2.70 bits per heavy atom. The van der Waals surface area contributed by atoms with Crippen LogP contribution in [-0.2, 0) is 4.74 Å². The zero-order chi connectivity index (χ0) is 22.8. The number of nitro benzene ring substituents is 1. The van der Waals surface area contributed by atoms with Crippen molar-refractivity contribution in [2.45, 2.75) is 25.8 Å². The second-order valence-electron chi connectivity index (χ2n) is 8.50. The molecule has 2 aliphatic rings. The van der Waals surface area contributed by atoms with Gasteiger partial charge in [-0.1, -0.05) is 12.1 Å². The highest BCUT2D eigenvalue weighted by molar-refractivity contribution is 5.96. The van der Waals surface area contributed by atoms with E-state index in [1.54, 1.807) is 12.4 Å². The maximum Gasteiger partial charge on any atom is 0.295 e. The minimum Gasteiger partial charge on any atom is -0.380 e. The molecule has 10 nitrogen and oxygen atoms in total. The van der Waals surface area contributed by atoms with Gasteiger partial charge >= 0.3 is 0 Å². The summed E-state index contributed by atoms with van der Waals surface area (Å²) in [6.45, 7) is 6.68. The number of pyridine rings is 1. The van der Waals surface area contributed by atoms with Crippen LogP contribution in [0, 0.1) is 17.0 Å². The average molecular weight is 450 g/mol. The first-order chi connectivity index (χ1) is 16.1. The monoisotopic (exact) mass is 449 g/mol. The van der Waals surface area contributed by atoms with E-state index in [1.807, 2.05) is 19.1 Å². The zero-order valence-corrected chi connectivity index (χ0v) is 18.6. The number of nitrogens with one attached hydrogen (secondary N) is 1. The summed E-state index contributed by atoms with van der Waals surface area (Å²) in [7, 11) is 0. The van der Waals surface area contributed by atoms with Gasteiger partial charge in [-0.25, -0.2) is 15.0 Å². The molecule has 0 saturated carbocycles. The Hall–Kier alpha value is -3.53. The molecule has 1 unspecified atom stereocenters. The second kappa shape index (κ2) is 9.14. The number of ether oxygens (including phenoxy) is 1. The van der Waals surface area contributed by atoms with E-state index >= 15 is 0 Å². The van der Waals surface area contributed by atoms with Crippen LogP contribution in [0.25, 0.3) is 10.9 Å². The molecule has 172 valence electrons. The molecule has 3 aromatic rings. The fourth-order valence-corrected chi connectivity index (χ4v) is 4.63. The van der Waals surface area contributed by atoms with Gasteiger partial charge in [0.2, 0.25) is 0 Å². The highest BCUT2D eigenvalue weighted by atomic mass is 16.6. The number of para-hydroxylation sites is 1. The van der Waals surface area contributed by atoms with E-state index in [4.69, 9.17) is 4.74 Å². The third-order valence-electron chi connectivity index (χ3n) is 6.22. The molecule has 2 saturated heterocycles. The molecule has 1 N–H and O–H groups in total. The predicted octanol–water partition coefficient (Wildman–Crippen LogP) is 3.16. The van der Waals surface area contributed by atoms with Crippen molar-refractivity contribution >= 4 is 33.9 Å². The van der Waals surface area contributed by atoms with Gasteiger partial charge in [0.05, 0.1) is 18.1 Å². The third-order valence-corrected chi connectivity index (χ3v) is 6.22. The lowest BCUT2D eigenvalue weighted by Crippen LogP contribution is -2.43. The molecule has 4 heterocycles. The molecule has 0 amide bonds. The maximum atomic E-state index is 11.5. The van der Waals surface area contributed by atoms with Crippen LogP contribution in [0.1, 0.15) is 18.5 Å². The summed E-state index contributed by atoms with van der Waals surface area (Å²) in [4.78, 5) is 29.1. The summed E-state index contributed by atoms with van der Waals surface area (Å²) in [6.07, 6.45) is 3.67. The maximum absolute atomic E-state index is 11.5. The molecule has 0 bridgehead atoms. The largest absolute Gasteiger partial charge is 0.380 e. The Bertz CT molecular complexity index is 1170. The van der Waals surface area contributed by atoms with Crippen molar-refractivity contribution < 1.29 is 9.66 Å². The van der Waals surface area contributed by atoms with Crippen LogP contribution in [0.3, 0.4) is 0 Å². The molecular formula is C23H27N7O3. The number of aromatic nitrogens is 3. The van der Waals surface area contributed by atoms with Gasteiger partial charge in [-0.3, -0.25) is 10.1 Å². The molecule has 0 spiro atoms. The lowest BCUT2D eigenvalue weighted by atomic mass is 10.0. The van der Waals surface area contributed by atoms with Crippen LogP contribution in [0.15, 0.2) is 36.7 Å². The minimum atomic E-state index is -0.373. The topological polar surface area (TPSA) is 110 Å². The molecule has 0 aliphatic carbocycles. The highest BCUT2D eigenvalue weighted by Gasteiger charge is 2.24. The van der Waals surface area contributed by atoms with Gasteiger partial charge < -0.3 is 19.9 Å². The molecule has 33 heavy (non-hydrogen) atoms. The van der Waals surface area contributed by atoms with Crippen LogP contribution >= 0.6 is 0 Å². The summed E-state index contributed by atoms with van der Waals surface area (Å²) in [6, 6.07) is 9.31. The van der Waals surface area contributed by atoms with E-state index in [2.05, 4.69) is 36.1 Å². The average Bonchev–Trinajstić information content (AvgIpc) is 2.84. The van der Waals surface area contributed by atoms with Crippen LogP contribution in [0.2, 0.25) is 0 Å². The lowest BCUT2D eigenvalue weighted by molar-refractivity contribution is -0.383. The quantitative estimate of drug-likeness (QED) is 0.464. The Kier molecular flexibility index (Phi) is 5.91. The fourth-order valence-electron chi connectivity index (χ4n) is 4.63. The summed E-state index contributed by atoms with van der Waals surface area (Å²) in [5, 5.41) is 15.9. The van der Waals surface area contributed by atoms with Crippen molar-refractivity contribution in [1.29, 1.82) is 0 Å². The van der Waals surface area contributed by atoms with Crippen molar-refractivity contribution in [2.75, 3.05) is 54.5 Å². The highest BCUT2D eigenvalue weighted by Crippen LogP contribution is 2.31. The number of piperidine rings is 1. The Balaban J connectivity index is 1.37. The zero-order valence-electron chi connectivity index (χ0n) is 18.6. The normalized spacial score (nSPS) is 19.0. The Morgan fingerprint density at radius 2 is 1.91 bits per heavy atom. The number of hydrogen-bond acceptors (Lipinski definition) is 9. The van der Waals surface area contributed by atoms with E-state index in [0.717, 1.165) is 67.4 Å². The van der Waals surface area contributed by atoms with Crippen LogP contribution in [-0.4, -0.2) is 65.3 Å². The standard InChI is InChI=1S/C23H27N7O3/c1-16-12-19(18-5-2-6-20(30(31)32)23(18)26-16)27-17-4-3-7-29(14-17)22-13-21(24-15-25-22)28-8-10-33-11-9-28/h2,5-6,12-13,15,17H,3-4,7-11,14H2,1H3,(H,26,27). The molecule has 0 radical (unpaired) electrons. The van der Waals surface area contributed by atoms with Gasteiger partial charge in [0, 0.05) is 61.1 Å². The molecule has 10 heteroatoms. The Labute approximate surface area is 191 Å². The number of nitro groups is 1. The van der Waals surface area contributed by atoms with Crippen LogP contribution in [0.4, 0.5) is 23.0 Å². The molecule has 2 aliphatic heterocycles. The van der Waals surface area contributed by atoms with Crippen molar-refractivity contribution in [1.82, 2.24) is 15.0 Å². The summed E-state index contributed by atoms with van der Waals surface area (Å²) >= 11 is 0. The Morgan fingerprint density at radius 1 is 1.12 bits per heavy atom. The van der Waals surface area contributed by atoms with Crippen molar-refractivity contribution in [3.63, 3.8) is 0 Å². The number of morpholine rings is 1. The SMILES string of the molecule is Cc1cc(NC2CCCN(c3cc(N4CCOCC4)ncn3)C2)c2cccc([N+](=O)[O-])c2n1. The number of nitrogens with zero attached hydrogens (tertiary/aromatic N) is 6. The van der Waals surface area contributed by atoms with Gasteiger partial charge in [-0.2, -0.15) is 0 Å².